The van der Waals surface area contributed by atoms with Crippen LogP contribution in [0.2, 0.25) is 0 Å². The van der Waals surface area contributed by atoms with Gasteiger partial charge in [0, 0.05) is 6.54 Å². The molecule has 1 amide bonds. The molecule has 2 aromatic heterocycles. The van der Waals surface area contributed by atoms with Gasteiger partial charge in [-0.1, -0.05) is 25.1 Å². The van der Waals surface area contributed by atoms with Crippen LogP contribution in [0.4, 0.5) is 0 Å². The van der Waals surface area contributed by atoms with Gasteiger partial charge in [0.05, 0.1) is 25.2 Å². The third-order valence-electron chi connectivity index (χ3n) is 3.96. The molecular weight excluding hydrogens is 362 g/mol. The minimum Gasteiger partial charge on any atom is -0.461 e. The standard InChI is InChI=1S/C19H23N5O2S/c1-3-11-20-17(25)13-22(2)14-23-19(27)24(15-8-5-4-6-9-15)18(21-23)16-10-7-12-26-16/h4-10,12H,3,11,13-14H2,1-2H3,(H,20,25). The van der Waals surface area contributed by atoms with Gasteiger partial charge in [0.25, 0.3) is 0 Å². The predicted molar refractivity (Wildman–Crippen MR) is 106 cm³/mol. The molecule has 8 heteroatoms. The Labute approximate surface area is 163 Å². The summed E-state index contributed by atoms with van der Waals surface area (Å²) in [6.45, 7) is 3.37. The Balaban J connectivity index is 1.89. The number of hydrogen-bond donors (Lipinski definition) is 1. The van der Waals surface area contributed by atoms with Crippen molar-refractivity contribution in [1.29, 1.82) is 0 Å². The van der Waals surface area contributed by atoms with Crippen molar-refractivity contribution in [2.24, 2.45) is 0 Å². The van der Waals surface area contributed by atoms with Gasteiger partial charge < -0.3 is 9.73 Å². The number of amides is 1. The third kappa shape index (κ3) is 4.53. The maximum absolute atomic E-state index is 11.9. The summed E-state index contributed by atoms with van der Waals surface area (Å²) in [5, 5.41) is 7.52. The average Bonchev–Trinajstić information content (AvgIpc) is 3.29. The fraction of sp³-hybridized carbons (Fsp3) is 0.316. The zero-order chi connectivity index (χ0) is 19.2. The molecule has 0 aliphatic heterocycles. The first kappa shape index (κ1) is 19.1. The molecule has 27 heavy (non-hydrogen) atoms. The minimum atomic E-state index is -0.0142. The largest absolute Gasteiger partial charge is 0.461 e. The molecule has 0 bridgehead atoms. The van der Waals surface area contributed by atoms with Crippen LogP contribution in [0.1, 0.15) is 13.3 Å². The number of nitrogens with zero attached hydrogens (tertiary/aromatic N) is 4. The van der Waals surface area contributed by atoms with Gasteiger partial charge in [0.1, 0.15) is 0 Å². The predicted octanol–water partition coefficient (Wildman–Crippen LogP) is 3.08. The zero-order valence-electron chi connectivity index (χ0n) is 15.5. The number of rotatable bonds is 8. The summed E-state index contributed by atoms with van der Waals surface area (Å²) >= 11 is 5.67. The monoisotopic (exact) mass is 385 g/mol. The van der Waals surface area contributed by atoms with E-state index in [2.05, 4.69) is 10.4 Å². The molecule has 0 fully saturated rings. The van der Waals surface area contributed by atoms with Crippen LogP contribution in [0, 0.1) is 4.77 Å². The molecule has 3 rings (SSSR count). The molecule has 0 aliphatic carbocycles. The third-order valence-corrected chi connectivity index (χ3v) is 4.35. The molecule has 142 valence electrons. The zero-order valence-corrected chi connectivity index (χ0v) is 16.3. The number of carbonyl (C=O) groups excluding carboxylic acids is 1. The van der Waals surface area contributed by atoms with Crippen molar-refractivity contribution in [3.63, 3.8) is 0 Å². The van der Waals surface area contributed by atoms with E-state index in [1.807, 2.05) is 65.9 Å². The second-order valence-corrected chi connectivity index (χ2v) is 6.62. The van der Waals surface area contributed by atoms with Crippen LogP contribution in [-0.4, -0.2) is 45.3 Å². The highest BCUT2D eigenvalue weighted by Crippen LogP contribution is 2.23. The Morgan fingerprint density at radius 1 is 1.26 bits per heavy atom. The first-order chi connectivity index (χ1) is 13.1. The fourth-order valence-corrected chi connectivity index (χ4v) is 3.01. The van der Waals surface area contributed by atoms with E-state index >= 15 is 0 Å². The Bertz CT molecular complexity index is 931. The molecule has 0 aliphatic rings. The number of aromatic nitrogens is 3. The van der Waals surface area contributed by atoms with E-state index in [1.165, 1.54) is 0 Å². The molecule has 2 heterocycles. The van der Waals surface area contributed by atoms with Crippen LogP contribution in [-0.2, 0) is 11.5 Å². The molecule has 0 spiro atoms. The molecule has 0 saturated carbocycles. The highest BCUT2D eigenvalue weighted by Gasteiger charge is 2.17. The number of para-hydroxylation sites is 1. The number of benzene rings is 1. The highest BCUT2D eigenvalue weighted by atomic mass is 32.1. The smallest absolute Gasteiger partial charge is 0.234 e. The number of carbonyl (C=O) groups is 1. The number of nitrogens with one attached hydrogen (secondary N) is 1. The van der Waals surface area contributed by atoms with E-state index in [1.54, 1.807) is 10.9 Å². The molecule has 0 atom stereocenters. The summed E-state index contributed by atoms with van der Waals surface area (Å²) in [4.78, 5) is 13.8. The van der Waals surface area contributed by atoms with Crippen LogP contribution in [0.25, 0.3) is 17.3 Å². The van der Waals surface area contributed by atoms with Gasteiger partial charge in [0.15, 0.2) is 5.76 Å². The SMILES string of the molecule is CCCNC(=O)CN(C)Cn1nc(-c2ccco2)n(-c2ccccc2)c1=S. The summed E-state index contributed by atoms with van der Waals surface area (Å²) in [6.07, 6.45) is 2.52. The van der Waals surface area contributed by atoms with E-state index in [0.717, 1.165) is 12.1 Å². The number of furan rings is 1. The topological polar surface area (TPSA) is 68.2 Å². The summed E-state index contributed by atoms with van der Waals surface area (Å²) in [6, 6.07) is 13.5. The Morgan fingerprint density at radius 3 is 2.70 bits per heavy atom. The lowest BCUT2D eigenvalue weighted by atomic mass is 10.3. The second kappa shape index (κ2) is 8.79. The Hall–Kier alpha value is -2.71. The van der Waals surface area contributed by atoms with Crippen molar-refractivity contribution in [2.45, 2.75) is 20.0 Å². The summed E-state index contributed by atoms with van der Waals surface area (Å²) in [7, 11) is 1.86. The van der Waals surface area contributed by atoms with Crippen LogP contribution < -0.4 is 5.32 Å². The van der Waals surface area contributed by atoms with Gasteiger partial charge in [-0.3, -0.25) is 14.3 Å². The molecule has 0 saturated heterocycles. The average molecular weight is 385 g/mol. The van der Waals surface area contributed by atoms with E-state index in [0.29, 0.717) is 29.6 Å². The lowest BCUT2D eigenvalue weighted by Crippen LogP contribution is -2.36. The molecule has 7 nitrogen and oxygen atoms in total. The van der Waals surface area contributed by atoms with E-state index in [-0.39, 0.29) is 12.5 Å². The van der Waals surface area contributed by atoms with Gasteiger partial charge in [0.2, 0.25) is 16.5 Å². The molecule has 0 radical (unpaired) electrons. The maximum Gasteiger partial charge on any atom is 0.234 e. The van der Waals surface area contributed by atoms with Crippen molar-refractivity contribution in [2.75, 3.05) is 20.1 Å². The van der Waals surface area contributed by atoms with E-state index in [4.69, 9.17) is 16.6 Å². The molecule has 1 N–H and O–H groups in total. The second-order valence-electron chi connectivity index (χ2n) is 6.26. The highest BCUT2D eigenvalue weighted by molar-refractivity contribution is 7.71. The van der Waals surface area contributed by atoms with Crippen molar-refractivity contribution >= 4 is 18.1 Å². The fourth-order valence-electron chi connectivity index (χ4n) is 2.72. The van der Waals surface area contributed by atoms with Crippen LogP contribution in [0.5, 0.6) is 0 Å². The molecule has 3 aromatic rings. The van der Waals surface area contributed by atoms with Crippen LogP contribution in [0.3, 0.4) is 0 Å². The summed E-state index contributed by atoms with van der Waals surface area (Å²) in [5.74, 6) is 1.24. The van der Waals surface area contributed by atoms with E-state index < -0.39 is 0 Å². The molecular formula is C19H23N5O2S. The van der Waals surface area contributed by atoms with Crippen molar-refractivity contribution < 1.29 is 9.21 Å². The van der Waals surface area contributed by atoms with Crippen LogP contribution >= 0.6 is 12.2 Å². The minimum absolute atomic E-state index is 0.0142. The van der Waals surface area contributed by atoms with Crippen molar-refractivity contribution in [1.82, 2.24) is 24.6 Å². The van der Waals surface area contributed by atoms with Gasteiger partial charge in [-0.2, -0.15) is 0 Å². The van der Waals surface area contributed by atoms with Gasteiger partial charge in [-0.05, 0) is 50.0 Å². The normalized spacial score (nSPS) is 11.1. The Morgan fingerprint density at radius 2 is 2.04 bits per heavy atom. The first-order valence-electron chi connectivity index (χ1n) is 8.84. The maximum atomic E-state index is 11.9. The Kier molecular flexibility index (Phi) is 6.20. The lowest BCUT2D eigenvalue weighted by Gasteiger charge is -2.15. The van der Waals surface area contributed by atoms with E-state index in [9.17, 15) is 4.79 Å². The van der Waals surface area contributed by atoms with Gasteiger partial charge in [-0.25, -0.2) is 4.68 Å². The number of hydrogen-bond acceptors (Lipinski definition) is 5. The van der Waals surface area contributed by atoms with Gasteiger partial charge in [-0.15, -0.1) is 5.10 Å². The van der Waals surface area contributed by atoms with Crippen molar-refractivity contribution in [3.05, 3.63) is 53.5 Å². The lowest BCUT2D eigenvalue weighted by molar-refractivity contribution is -0.122. The van der Waals surface area contributed by atoms with Crippen LogP contribution in [0.15, 0.2) is 53.1 Å². The number of likely N-dealkylation sites (N-methyl/N-ethyl adjacent to an activating group) is 1. The quantitative estimate of drug-likeness (QED) is 0.604. The van der Waals surface area contributed by atoms with Gasteiger partial charge >= 0.3 is 0 Å². The molecule has 1 aromatic carbocycles. The first-order valence-corrected chi connectivity index (χ1v) is 9.25. The molecule has 0 unspecified atom stereocenters. The summed E-state index contributed by atoms with van der Waals surface area (Å²) in [5.41, 5.74) is 0.906. The summed E-state index contributed by atoms with van der Waals surface area (Å²) < 4.78 is 9.65. The van der Waals surface area contributed by atoms with Crippen molar-refractivity contribution in [3.8, 4) is 17.3 Å².